The lowest BCUT2D eigenvalue weighted by atomic mass is 10.0. The Balaban J connectivity index is 1.95. The number of aryl methyl sites for hydroxylation is 1. The summed E-state index contributed by atoms with van der Waals surface area (Å²) in [6.07, 6.45) is 2.12. The second kappa shape index (κ2) is 5.31. The first-order valence-electron chi connectivity index (χ1n) is 6.73. The van der Waals surface area contributed by atoms with Gasteiger partial charge in [0.2, 0.25) is 0 Å². The fourth-order valence-electron chi connectivity index (χ4n) is 2.51. The van der Waals surface area contributed by atoms with Gasteiger partial charge in [0, 0.05) is 17.0 Å². The first-order valence-corrected chi connectivity index (χ1v) is 7.55. The van der Waals surface area contributed by atoms with Crippen LogP contribution in [0.2, 0.25) is 0 Å². The maximum Gasteiger partial charge on any atom is 0.123 e. The van der Waals surface area contributed by atoms with Crippen LogP contribution in [0.1, 0.15) is 40.4 Å². The van der Waals surface area contributed by atoms with Gasteiger partial charge in [-0.3, -0.25) is 0 Å². The quantitative estimate of drug-likeness (QED) is 0.932. The summed E-state index contributed by atoms with van der Waals surface area (Å²) >= 11 is 1.74. The Morgan fingerprint density at radius 1 is 1.42 bits per heavy atom. The molecule has 0 aliphatic carbocycles. The van der Waals surface area contributed by atoms with E-state index >= 15 is 0 Å². The summed E-state index contributed by atoms with van der Waals surface area (Å²) in [4.78, 5) is 6.03. The number of hydrogen-bond donors (Lipinski definition) is 1. The van der Waals surface area contributed by atoms with E-state index in [4.69, 9.17) is 15.5 Å². The van der Waals surface area contributed by atoms with Crippen molar-refractivity contribution in [3.63, 3.8) is 0 Å². The van der Waals surface area contributed by atoms with E-state index in [2.05, 4.69) is 19.1 Å². The van der Waals surface area contributed by atoms with Crippen molar-refractivity contribution in [3.8, 4) is 5.75 Å². The molecule has 1 aromatic carbocycles. The lowest BCUT2D eigenvalue weighted by Crippen LogP contribution is -2.02. The van der Waals surface area contributed by atoms with Gasteiger partial charge in [0.05, 0.1) is 11.6 Å². The van der Waals surface area contributed by atoms with Crippen LogP contribution in [0.15, 0.2) is 24.3 Å². The highest BCUT2D eigenvalue weighted by molar-refractivity contribution is 7.11. The predicted molar refractivity (Wildman–Crippen MR) is 77.8 cm³/mol. The maximum atomic E-state index is 5.83. The molecule has 0 bridgehead atoms. The van der Waals surface area contributed by atoms with Crippen LogP contribution in [0.4, 0.5) is 0 Å². The van der Waals surface area contributed by atoms with Crippen LogP contribution < -0.4 is 10.5 Å². The zero-order chi connectivity index (χ0) is 13.2. The molecule has 1 atom stereocenters. The smallest absolute Gasteiger partial charge is 0.123 e. The molecular formula is C15H18N2OS. The molecule has 1 aliphatic heterocycles. The summed E-state index contributed by atoms with van der Waals surface area (Å²) in [6, 6.07) is 8.23. The largest absolute Gasteiger partial charge is 0.492 e. The van der Waals surface area contributed by atoms with Crippen molar-refractivity contribution >= 4 is 11.3 Å². The molecule has 1 aromatic heterocycles. The van der Waals surface area contributed by atoms with E-state index in [1.807, 2.05) is 12.1 Å². The molecule has 0 amide bonds. The third-order valence-electron chi connectivity index (χ3n) is 3.47. The van der Waals surface area contributed by atoms with E-state index in [0.29, 0.717) is 13.2 Å². The average molecular weight is 274 g/mol. The lowest BCUT2D eigenvalue weighted by molar-refractivity contribution is 0.343. The zero-order valence-corrected chi connectivity index (χ0v) is 11.9. The molecule has 0 saturated heterocycles. The highest BCUT2D eigenvalue weighted by atomic mass is 32.1. The van der Waals surface area contributed by atoms with Crippen molar-refractivity contribution < 1.29 is 4.74 Å². The standard InChI is InChI=1S/C15H18N2OS/c1-2-5-12-14(8-16)19-15(17-12)11-9-18-13-7-4-3-6-10(11)13/h3-4,6-7,11H,2,5,8-9,16H2,1H3. The molecule has 1 unspecified atom stereocenters. The number of nitrogens with two attached hydrogens (primary N) is 1. The summed E-state index contributed by atoms with van der Waals surface area (Å²) in [5.74, 6) is 1.27. The van der Waals surface area contributed by atoms with Crippen molar-refractivity contribution in [2.45, 2.75) is 32.2 Å². The van der Waals surface area contributed by atoms with Crippen LogP contribution in [0.3, 0.4) is 0 Å². The fourth-order valence-corrected chi connectivity index (χ4v) is 3.61. The second-order valence-electron chi connectivity index (χ2n) is 4.78. The Morgan fingerprint density at radius 3 is 3.05 bits per heavy atom. The van der Waals surface area contributed by atoms with Crippen LogP contribution in [0, 0.1) is 0 Å². The van der Waals surface area contributed by atoms with Crippen LogP contribution in [-0.2, 0) is 13.0 Å². The number of ether oxygens (including phenoxy) is 1. The molecule has 100 valence electrons. The minimum absolute atomic E-state index is 0.275. The molecule has 0 spiro atoms. The SMILES string of the molecule is CCCc1nc(C2COc3ccccc32)sc1CN. The van der Waals surface area contributed by atoms with Gasteiger partial charge in [-0.05, 0) is 12.5 Å². The number of para-hydroxylation sites is 1. The fraction of sp³-hybridized carbons (Fsp3) is 0.400. The van der Waals surface area contributed by atoms with E-state index < -0.39 is 0 Å². The number of thiazole rings is 1. The zero-order valence-electron chi connectivity index (χ0n) is 11.1. The minimum atomic E-state index is 0.275. The van der Waals surface area contributed by atoms with Crippen LogP contribution in [0.25, 0.3) is 0 Å². The number of rotatable bonds is 4. The summed E-state index contributed by atoms with van der Waals surface area (Å²) in [5, 5.41) is 1.15. The molecule has 2 heterocycles. The molecule has 3 rings (SSSR count). The van der Waals surface area contributed by atoms with Gasteiger partial charge in [-0.2, -0.15) is 0 Å². The van der Waals surface area contributed by atoms with E-state index in [0.717, 1.165) is 23.6 Å². The highest BCUT2D eigenvalue weighted by Crippen LogP contribution is 2.39. The predicted octanol–water partition coefficient (Wildman–Crippen LogP) is 3.08. The number of aromatic nitrogens is 1. The van der Waals surface area contributed by atoms with Gasteiger partial charge in [0.15, 0.2) is 0 Å². The summed E-state index contributed by atoms with van der Waals surface area (Å²) in [5.41, 5.74) is 8.25. The molecule has 4 heteroatoms. The van der Waals surface area contributed by atoms with Gasteiger partial charge in [-0.1, -0.05) is 31.5 Å². The van der Waals surface area contributed by atoms with Gasteiger partial charge in [0.25, 0.3) is 0 Å². The minimum Gasteiger partial charge on any atom is -0.492 e. The highest BCUT2D eigenvalue weighted by Gasteiger charge is 2.28. The summed E-state index contributed by atoms with van der Waals surface area (Å²) < 4.78 is 5.74. The van der Waals surface area contributed by atoms with Crippen molar-refractivity contribution in [2.75, 3.05) is 6.61 Å². The molecule has 2 N–H and O–H groups in total. The van der Waals surface area contributed by atoms with Gasteiger partial charge in [0.1, 0.15) is 17.4 Å². The average Bonchev–Trinajstić information content (AvgIpc) is 3.02. The normalized spacial score (nSPS) is 17.3. The molecule has 0 saturated carbocycles. The van der Waals surface area contributed by atoms with Gasteiger partial charge in [-0.15, -0.1) is 11.3 Å². The molecule has 19 heavy (non-hydrogen) atoms. The van der Waals surface area contributed by atoms with Crippen LogP contribution >= 0.6 is 11.3 Å². The van der Waals surface area contributed by atoms with Crippen LogP contribution in [0.5, 0.6) is 5.75 Å². The Kier molecular flexibility index (Phi) is 3.53. The van der Waals surface area contributed by atoms with E-state index in [-0.39, 0.29) is 5.92 Å². The topological polar surface area (TPSA) is 48.1 Å². The molecule has 0 fully saturated rings. The monoisotopic (exact) mass is 274 g/mol. The second-order valence-corrected chi connectivity index (χ2v) is 5.89. The molecule has 1 aliphatic rings. The first-order chi connectivity index (χ1) is 9.33. The van der Waals surface area contributed by atoms with Gasteiger partial charge < -0.3 is 10.5 Å². The van der Waals surface area contributed by atoms with E-state index in [1.54, 1.807) is 11.3 Å². The van der Waals surface area contributed by atoms with Crippen molar-refractivity contribution in [2.24, 2.45) is 5.73 Å². The number of fused-ring (bicyclic) bond motifs is 1. The van der Waals surface area contributed by atoms with Crippen molar-refractivity contribution in [1.29, 1.82) is 0 Å². The van der Waals surface area contributed by atoms with Crippen LogP contribution in [-0.4, -0.2) is 11.6 Å². The Hall–Kier alpha value is -1.39. The van der Waals surface area contributed by atoms with E-state index in [1.165, 1.54) is 16.1 Å². The summed E-state index contributed by atoms with van der Waals surface area (Å²) in [6.45, 7) is 3.46. The molecule has 3 nitrogen and oxygen atoms in total. The number of nitrogens with zero attached hydrogens (tertiary/aromatic N) is 1. The third kappa shape index (κ3) is 2.26. The number of benzene rings is 1. The first kappa shape index (κ1) is 12.6. The molecule has 0 radical (unpaired) electrons. The Labute approximate surface area is 117 Å². The molecule has 2 aromatic rings. The Morgan fingerprint density at radius 2 is 2.26 bits per heavy atom. The summed E-state index contributed by atoms with van der Waals surface area (Å²) in [7, 11) is 0. The Bertz CT molecular complexity index is 579. The van der Waals surface area contributed by atoms with Gasteiger partial charge >= 0.3 is 0 Å². The third-order valence-corrected chi connectivity index (χ3v) is 4.70. The van der Waals surface area contributed by atoms with Gasteiger partial charge in [-0.25, -0.2) is 4.98 Å². The van der Waals surface area contributed by atoms with Crippen molar-refractivity contribution in [1.82, 2.24) is 4.98 Å². The maximum absolute atomic E-state index is 5.83. The van der Waals surface area contributed by atoms with E-state index in [9.17, 15) is 0 Å². The molecular weight excluding hydrogens is 256 g/mol. The van der Waals surface area contributed by atoms with Crippen molar-refractivity contribution in [3.05, 3.63) is 45.4 Å². The number of hydrogen-bond acceptors (Lipinski definition) is 4. The lowest BCUT2D eigenvalue weighted by Gasteiger charge is -2.03.